The zero-order chi connectivity index (χ0) is 20.6. The second-order valence-electron chi connectivity index (χ2n) is 6.97. The van der Waals surface area contributed by atoms with Crippen LogP contribution in [0, 0.1) is 0 Å². The normalized spacial score (nSPS) is 16.6. The van der Waals surface area contributed by atoms with Crippen molar-refractivity contribution in [1.82, 2.24) is 15.2 Å². The molecule has 0 spiro atoms. The summed E-state index contributed by atoms with van der Waals surface area (Å²) in [6, 6.07) is 9.06. The lowest BCUT2D eigenvalue weighted by Gasteiger charge is -2.30. The van der Waals surface area contributed by atoms with E-state index in [-0.39, 0.29) is 24.5 Å². The molecule has 1 N–H and O–H groups in total. The minimum absolute atomic E-state index is 0.0307. The SMILES string of the molecule is CNC(=O)COc1ccc(C(=O)N2CCCCCC2c2ccncc2)cc1OC. The summed E-state index contributed by atoms with van der Waals surface area (Å²) in [4.78, 5) is 30.8. The number of amides is 2. The van der Waals surface area contributed by atoms with Crippen LogP contribution in [0.3, 0.4) is 0 Å². The average molecular weight is 397 g/mol. The molecule has 2 aromatic rings. The molecule has 1 aliphatic heterocycles. The molecule has 1 atom stereocenters. The fourth-order valence-corrected chi connectivity index (χ4v) is 3.58. The van der Waals surface area contributed by atoms with Crippen LogP contribution >= 0.6 is 0 Å². The minimum atomic E-state index is -0.239. The van der Waals surface area contributed by atoms with Crippen molar-refractivity contribution in [1.29, 1.82) is 0 Å². The van der Waals surface area contributed by atoms with Crippen molar-refractivity contribution >= 4 is 11.8 Å². The van der Waals surface area contributed by atoms with Gasteiger partial charge >= 0.3 is 0 Å². The van der Waals surface area contributed by atoms with Gasteiger partial charge in [-0.3, -0.25) is 14.6 Å². The molecular formula is C22H27N3O4. The maximum atomic E-state index is 13.4. The first-order chi connectivity index (χ1) is 14.1. The first kappa shape index (κ1) is 20.6. The predicted octanol–water partition coefficient (Wildman–Crippen LogP) is 2.97. The second-order valence-corrected chi connectivity index (χ2v) is 6.97. The molecule has 3 rings (SSSR count). The van der Waals surface area contributed by atoms with E-state index in [0.29, 0.717) is 23.6 Å². The van der Waals surface area contributed by atoms with E-state index >= 15 is 0 Å². The molecule has 29 heavy (non-hydrogen) atoms. The molecule has 1 fully saturated rings. The van der Waals surface area contributed by atoms with Gasteiger partial charge in [0.25, 0.3) is 11.8 Å². The molecule has 1 unspecified atom stereocenters. The van der Waals surface area contributed by atoms with Gasteiger partial charge in [-0.2, -0.15) is 0 Å². The Balaban J connectivity index is 1.84. The Morgan fingerprint density at radius 1 is 1.14 bits per heavy atom. The van der Waals surface area contributed by atoms with Crippen LogP contribution in [-0.4, -0.2) is 49.0 Å². The van der Waals surface area contributed by atoms with E-state index in [1.807, 2.05) is 17.0 Å². The molecule has 2 amide bonds. The molecule has 0 radical (unpaired) electrons. The summed E-state index contributed by atoms with van der Waals surface area (Å²) in [7, 11) is 3.06. The lowest BCUT2D eigenvalue weighted by molar-refractivity contribution is -0.122. The number of nitrogens with zero attached hydrogens (tertiary/aromatic N) is 2. The zero-order valence-corrected chi connectivity index (χ0v) is 16.9. The summed E-state index contributed by atoms with van der Waals surface area (Å²) in [6.07, 6.45) is 7.65. The van der Waals surface area contributed by atoms with Gasteiger partial charge in [-0.25, -0.2) is 0 Å². The van der Waals surface area contributed by atoms with E-state index in [1.165, 1.54) is 7.11 Å². The lowest BCUT2D eigenvalue weighted by atomic mass is 10.0. The third-order valence-corrected chi connectivity index (χ3v) is 5.15. The van der Waals surface area contributed by atoms with Gasteiger partial charge in [-0.05, 0) is 48.7 Å². The first-order valence-electron chi connectivity index (χ1n) is 9.86. The molecule has 1 aromatic heterocycles. The van der Waals surface area contributed by atoms with Gasteiger partial charge in [-0.1, -0.05) is 12.8 Å². The summed E-state index contributed by atoms with van der Waals surface area (Å²) in [5.74, 6) is 0.575. The maximum absolute atomic E-state index is 13.4. The Morgan fingerprint density at radius 3 is 2.66 bits per heavy atom. The number of likely N-dealkylation sites (N-methyl/N-ethyl adjacent to an activating group) is 1. The van der Waals surface area contributed by atoms with E-state index in [0.717, 1.165) is 31.2 Å². The van der Waals surface area contributed by atoms with Crippen LogP contribution in [0.2, 0.25) is 0 Å². The van der Waals surface area contributed by atoms with Gasteiger partial charge in [0, 0.05) is 31.5 Å². The third-order valence-electron chi connectivity index (χ3n) is 5.15. The molecule has 1 aliphatic rings. The summed E-state index contributed by atoms with van der Waals surface area (Å²) < 4.78 is 10.9. The molecule has 7 nitrogen and oxygen atoms in total. The van der Waals surface area contributed by atoms with Crippen molar-refractivity contribution in [3.63, 3.8) is 0 Å². The van der Waals surface area contributed by atoms with Gasteiger partial charge < -0.3 is 19.7 Å². The van der Waals surface area contributed by atoms with Gasteiger partial charge in [0.05, 0.1) is 13.2 Å². The fourth-order valence-electron chi connectivity index (χ4n) is 3.58. The lowest BCUT2D eigenvalue weighted by Crippen LogP contribution is -2.34. The van der Waals surface area contributed by atoms with Crippen molar-refractivity contribution in [3.8, 4) is 11.5 Å². The Morgan fingerprint density at radius 2 is 1.93 bits per heavy atom. The predicted molar refractivity (Wildman–Crippen MR) is 109 cm³/mol. The Hall–Kier alpha value is -3.09. The van der Waals surface area contributed by atoms with Gasteiger partial charge in [0.15, 0.2) is 18.1 Å². The summed E-state index contributed by atoms with van der Waals surface area (Å²) in [6.45, 7) is 0.597. The molecule has 2 heterocycles. The molecule has 0 saturated carbocycles. The number of likely N-dealkylation sites (tertiary alicyclic amines) is 1. The molecule has 1 saturated heterocycles. The van der Waals surface area contributed by atoms with E-state index < -0.39 is 0 Å². The Kier molecular flexibility index (Phi) is 7.05. The quantitative estimate of drug-likeness (QED) is 0.811. The largest absolute Gasteiger partial charge is 0.493 e. The fraction of sp³-hybridized carbons (Fsp3) is 0.409. The number of pyridine rings is 1. The van der Waals surface area contributed by atoms with Crippen LogP contribution in [0.25, 0.3) is 0 Å². The highest BCUT2D eigenvalue weighted by Gasteiger charge is 2.28. The van der Waals surface area contributed by atoms with E-state index in [1.54, 1.807) is 37.6 Å². The van der Waals surface area contributed by atoms with Gasteiger partial charge in [0.2, 0.25) is 0 Å². The number of carbonyl (C=O) groups is 2. The van der Waals surface area contributed by atoms with Crippen molar-refractivity contribution < 1.29 is 19.1 Å². The van der Waals surface area contributed by atoms with Crippen LogP contribution in [0.4, 0.5) is 0 Å². The number of nitrogens with one attached hydrogen (secondary N) is 1. The van der Waals surface area contributed by atoms with E-state index in [9.17, 15) is 9.59 Å². The standard InChI is InChI=1S/C22H27N3O4/c1-23-21(26)15-29-19-8-7-17(14-20(19)28-2)22(27)25-13-5-3-4-6-18(25)16-9-11-24-12-10-16/h7-12,14,18H,3-6,13,15H2,1-2H3,(H,23,26). The van der Waals surface area contributed by atoms with Crippen molar-refractivity contribution in [3.05, 3.63) is 53.9 Å². The van der Waals surface area contributed by atoms with Gasteiger partial charge in [0.1, 0.15) is 0 Å². The van der Waals surface area contributed by atoms with E-state index in [4.69, 9.17) is 9.47 Å². The number of benzene rings is 1. The summed E-state index contributed by atoms with van der Waals surface area (Å²) in [5, 5.41) is 2.50. The van der Waals surface area contributed by atoms with Crippen LogP contribution in [0.5, 0.6) is 11.5 Å². The number of methoxy groups -OCH3 is 1. The topological polar surface area (TPSA) is 80.8 Å². The molecule has 1 aromatic carbocycles. The number of rotatable bonds is 6. The van der Waals surface area contributed by atoms with Crippen LogP contribution in [0.15, 0.2) is 42.7 Å². The van der Waals surface area contributed by atoms with Crippen LogP contribution in [0.1, 0.15) is 47.6 Å². The highest BCUT2D eigenvalue weighted by Crippen LogP contribution is 2.33. The van der Waals surface area contributed by atoms with Crippen molar-refractivity contribution in [2.75, 3.05) is 27.3 Å². The van der Waals surface area contributed by atoms with Crippen molar-refractivity contribution in [2.24, 2.45) is 0 Å². The van der Waals surface area contributed by atoms with E-state index in [2.05, 4.69) is 10.3 Å². The molecule has 7 heteroatoms. The zero-order valence-electron chi connectivity index (χ0n) is 16.9. The molecule has 0 aliphatic carbocycles. The first-order valence-corrected chi connectivity index (χ1v) is 9.86. The number of aromatic nitrogens is 1. The maximum Gasteiger partial charge on any atom is 0.257 e. The molecule has 154 valence electrons. The number of ether oxygens (including phenoxy) is 2. The Labute approximate surface area is 171 Å². The Bertz CT molecular complexity index is 841. The number of hydrogen-bond donors (Lipinski definition) is 1. The molecule has 0 bridgehead atoms. The third kappa shape index (κ3) is 5.04. The van der Waals surface area contributed by atoms with Crippen molar-refractivity contribution in [2.45, 2.75) is 31.7 Å². The van der Waals surface area contributed by atoms with Crippen LogP contribution in [-0.2, 0) is 4.79 Å². The number of carbonyl (C=O) groups excluding carboxylic acids is 2. The van der Waals surface area contributed by atoms with Gasteiger partial charge in [-0.15, -0.1) is 0 Å². The second kappa shape index (κ2) is 9.91. The average Bonchev–Trinajstić information content (AvgIpc) is 3.03. The summed E-state index contributed by atoms with van der Waals surface area (Å²) in [5.41, 5.74) is 1.64. The highest BCUT2D eigenvalue weighted by molar-refractivity contribution is 5.95. The van der Waals surface area contributed by atoms with Crippen LogP contribution < -0.4 is 14.8 Å². The molecular weight excluding hydrogens is 370 g/mol. The monoisotopic (exact) mass is 397 g/mol. The number of hydrogen-bond acceptors (Lipinski definition) is 5. The summed E-state index contributed by atoms with van der Waals surface area (Å²) >= 11 is 0. The minimum Gasteiger partial charge on any atom is -0.493 e. The smallest absolute Gasteiger partial charge is 0.257 e. The highest BCUT2D eigenvalue weighted by atomic mass is 16.5.